The summed E-state index contributed by atoms with van der Waals surface area (Å²) in [5.41, 5.74) is 15.7. The van der Waals surface area contributed by atoms with Crippen molar-refractivity contribution in [2.75, 3.05) is 4.90 Å². The van der Waals surface area contributed by atoms with Gasteiger partial charge in [-0.3, -0.25) is 0 Å². The van der Waals surface area contributed by atoms with Gasteiger partial charge in [0, 0.05) is 22.2 Å². The fourth-order valence-electron chi connectivity index (χ4n) is 9.16. The number of nitrogens with zero attached hydrogens (tertiary/aromatic N) is 1. The standard InChI is InChI=1S/C51H41N/c1-5-6-8-19-35(2)52(38-22-9-7-10-23-38)48-31-18-21-36-20-17-25-39(49(36)48)37-32-33-41-40-24-11-12-26-42(40)51(47(41)34-37)45-29-15-13-27-43(45)50(3,4)44-28-14-16-30-46(44)51/h5-34H,2H2,1,3-4H3/b6-5-,19-8-. The number of hydrogen-bond donors (Lipinski definition) is 0. The molecule has 0 fully saturated rings. The van der Waals surface area contributed by atoms with Gasteiger partial charge in [0.25, 0.3) is 0 Å². The van der Waals surface area contributed by atoms with Crippen LogP contribution >= 0.6 is 0 Å². The molecule has 9 rings (SSSR count). The van der Waals surface area contributed by atoms with Gasteiger partial charge < -0.3 is 4.90 Å². The minimum Gasteiger partial charge on any atom is -0.310 e. The van der Waals surface area contributed by atoms with Gasteiger partial charge in [-0.25, -0.2) is 0 Å². The highest BCUT2D eigenvalue weighted by Gasteiger charge is 2.53. The third-order valence-electron chi connectivity index (χ3n) is 11.4. The summed E-state index contributed by atoms with van der Waals surface area (Å²) < 4.78 is 0. The normalized spacial score (nSPS) is 14.7. The van der Waals surface area contributed by atoms with Gasteiger partial charge in [0.15, 0.2) is 0 Å². The molecule has 0 amide bonds. The molecular formula is C51H41N. The van der Waals surface area contributed by atoms with Crippen molar-refractivity contribution in [2.24, 2.45) is 0 Å². The van der Waals surface area contributed by atoms with Crippen LogP contribution < -0.4 is 4.90 Å². The van der Waals surface area contributed by atoms with Crippen LogP contribution in [0.3, 0.4) is 0 Å². The van der Waals surface area contributed by atoms with Gasteiger partial charge in [-0.15, -0.1) is 0 Å². The largest absolute Gasteiger partial charge is 0.310 e. The third-order valence-corrected chi connectivity index (χ3v) is 11.4. The number of para-hydroxylation sites is 1. The Labute approximate surface area is 307 Å². The van der Waals surface area contributed by atoms with Gasteiger partial charge in [0.2, 0.25) is 0 Å². The fourth-order valence-corrected chi connectivity index (χ4v) is 9.16. The van der Waals surface area contributed by atoms with Crippen molar-refractivity contribution in [1.29, 1.82) is 0 Å². The summed E-state index contributed by atoms with van der Waals surface area (Å²) >= 11 is 0. The van der Waals surface area contributed by atoms with Gasteiger partial charge in [-0.05, 0) is 98.3 Å². The number of allylic oxidation sites excluding steroid dienone is 4. The van der Waals surface area contributed by atoms with Crippen LogP contribution in [0.2, 0.25) is 0 Å². The van der Waals surface area contributed by atoms with E-state index >= 15 is 0 Å². The van der Waals surface area contributed by atoms with Gasteiger partial charge in [-0.1, -0.05) is 172 Å². The van der Waals surface area contributed by atoms with E-state index in [2.05, 4.69) is 195 Å². The van der Waals surface area contributed by atoms with Crippen molar-refractivity contribution in [3.05, 3.63) is 228 Å². The van der Waals surface area contributed by atoms with Crippen molar-refractivity contribution in [2.45, 2.75) is 31.6 Å². The zero-order chi connectivity index (χ0) is 35.5. The Morgan fingerprint density at radius 2 is 1.12 bits per heavy atom. The van der Waals surface area contributed by atoms with Crippen LogP contribution in [-0.2, 0) is 10.8 Å². The lowest BCUT2D eigenvalue weighted by Crippen LogP contribution is -2.40. The number of hydrogen-bond acceptors (Lipinski definition) is 1. The van der Waals surface area contributed by atoms with Crippen LogP contribution in [0.4, 0.5) is 11.4 Å². The molecule has 0 N–H and O–H groups in total. The van der Waals surface area contributed by atoms with E-state index in [0.717, 1.165) is 17.1 Å². The van der Waals surface area contributed by atoms with E-state index in [4.69, 9.17) is 0 Å². The van der Waals surface area contributed by atoms with Crippen LogP contribution in [0.15, 0.2) is 194 Å². The van der Waals surface area contributed by atoms with Crippen molar-refractivity contribution in [3.63, 3.8) is 0 Å². The Kier molecular flexibility index (Phi) is 7.49. The zero-order valence-corrected chi connectivity index (χ0v) is 30.0. The van der Waals surface area contributed by atoms with Crippen molar-refractivity contribution in [3.8, 4) is 22.3 Å². The zero-order valence-electron chi connectivity index (χ0n) is 30.0. The van der Waals surface area contributed by atoms with Gasteiger partial charge in [-0.2, -0.15) is 0 Å². The molecular weight excluding hydrogens is 627 g/mol. The van der Waals surface area contributed by atoms with Crippen molar-refractivity contribution >= 4 is 22.1 Å². The molecule has 2 aliphatic carbocycles. The van der Waals surface area contributed by atoms with Crippen LogP contribution in [0.1, 0.15) is 54.2 Å². The van der Waals surface area contributed by atoms with Crippen LogP contribution in [0.25, 0.3) is 33.0 Å². The Morgan fingerprint density at radius 1 is 0.538 bits per heavy atom. The first-order valence-electron chi connectivity index (χ1n) is 18.3. The number of anilines is 2. The van der Waals surface area contributed by atoms with E-state index in [1.165, 1.54) is 66.4 Å². The minimum atomic E-state index is -0.444. The molecule has 1 spiro atoms. The molecule has 52 heavy (non-hydrogen) atoms. The monoisotopic (exact) mass is 667 g/mol. The predicted molar refractivity (Wildman–Crippen MR) is 220 cm³/mol. The molecule has 0 saturated carbocycles. The first kappa shape index (κ1) is 31.8. The molecule has 0 unspecified atom stereocenters. The highest BCUT2D eigenvalue weighted by molar-refractivity contribution is 6.07. The summed E-state index contributed by atoms with van der Waals surface area (Å²) in [4.78, 5) is 2.28. The number of rotatable bonds is 6. The second-order valence-corrected chi connectivity index (χ2v) is 14.5. The average Bonchev–Trinajstić information content (AvgIpc) is 3.48. The lowest BCUT2D eigenvalue weighted by molar-refractivity contribution is 0.563. The minimum absolute atomic E-state index is 0.136. The second kappa shape index (κ2) is 12.2. The van der Waals surface area contributed by atoms with E-state index in [1.807, 2.05) is 19.1 Å². The number of fused-ring (bicyclic) bond motifs is 10. The molecule has 7 aromatic carbocycles. The Bertz CT molecular complexity index is 2530. The number of benzene rings is 7. The smallest absolute Gasteiger partial charge is 0.0719 e. The van der Waals surface area contributed by atoms with Crippen LogP contribution in [0.5, 0.6) is 0 Å². The molecule has 0 saturated heterocycles. The first-order chi connectivity index (χ1) is 25.5. The molecule has 1 heteroatoms. The molecule has 7 aromatic rings. The maximum Gasteiger partial charge on any atom is 0.0719 e. The topological polar surface area (TPSA) is 3.24 Å². The van der Waals surface area contributed by atoms with E-state index in [-0.39, 0.29) is 5.41 Å². The summed E-state index contributed by atoms with van der Waals surface area (Å²) in [6, 6.07) is 58.5. The molecule has 0 atom stereocenters. The van der Waals surface area contributed by atoms with Crippen LogP contribution in [0, 0.1) is 0 Å². The lowest BCUT2D eigenvalue weighted by atomic mass is 9.55. The van der Waals surface area contributed by atoms with Crippen molar-refractivity contribution in [1.82, 2.24) is 0 Å². The van der Waals surface area contributed by atoms with Gasteiger partial charge in [0.05, 0.1) is 11.1 Å². The van der Waals surface area contributed by atoms with E-state index < -0.39 is 5.41 Å². The Balaban J connectivity index is 1.33. The third kappa shape index (κ3) is 4.55. The molecule has 0 radical (unpaired) electrons. The summed E-state index contributed by atoms with van der Waals surface area (Å²) in [6.45, 7) is 11.4. The summed E-state index contributed by atoms with van der Waals surface area (Å²) in [7, 11) is 0. The van der Waals surface area contributed by atoms with Gasteiger partial charge in [0.1, 0.15) is 0 Å². The predicted octanol–water partition coefficient (Wildman–Crippen LogP) is 13.3. The van der Waals surface area contributed by atoms with E-state index in [0.29, 0.717) is 0 Å². The Morgan fingerprint density at radius 3 is 1.81 bits per heavy atom. The average molecular weight is 668 g/mol. The van der Waals surface area contributed by atoms with Crippen LogP contribution in [-0.4, -0.2) is 0 Å². The molecule has 250 valence electrons. The SMILES string of the molecule is C=C(/C=C\C=C/C)N(c1ccccc1)c1cccc2cccc(-c3ccc4c(c3)C3(c5ccccc5-4)c4ccccc4C(C)(C)c4ccccc43)c12. The Hall–Kier alpha value is -6.18. The molecule has 2 aliphatic rings. The summed E-state index contributed by atoms with van der Waals surface area (Å²) in [5.74, 6) is 0. The maximum absolute atomic E-state index is 4.58. The van der Waals surface area contributed by atoms with Crippen molar-refractivity contribution < 1.29 is 0 Å². The molecule has 0 bridgehead atoms. The molecule has 1 nitrogen and oxygen atoms in total. The van der Waals surface area contributed by atoms with E-state index in [9.17, 15) is 0 Å². The highest BCUT2D eigenvalue weighted by atomic mass is 15.1. The highest BCUT2D eigenvalue weighted by Crippen LogP contribution is 2.62. The fraction of sp³-hybridized carbons (Fsp3) is 0.0980. The second-order valence-electron chi connectivity index (χ2n) is 14.5. The molecule has 0 aliphatic heterocycles. The lowest BCUT2D eigenvalue weighted by Gasteiger charge is -2.46. The maximum atomic E-state index is 4.58. The first-order valence-corrected chi connectivity index (χ1v) is 18.3. The summed E-state index contributed by atoms with van der Waals surface area (Å²) in [5, 5.41) is 2.39. The van der Waals surface area contributed by atoms with Gasteiger partial charge >= 0.3 is 0 Å². The van der Waals surface area contributed by atoms with E-state index in [1.54, 1.807) is 0 Å². The molecule has 0 heterocycles. The summed E-state index contributed by atoms with van der Waals surface area (Å²) in [6.07, 6.45) is 8.23. The quantitative estimate of drug-likeness (QED) is 0.160. The molecule has 0 aromatic heterocycles.